The van der Waals surface area contributed by atoms with E-state index in [1.807, 2.05) is 60.7 Å². The lowest BCUT2D eigenvalue weighted by molar-refractivity contribution is 0.0592. The van der Waals surface area contributed by atoms with Gasteiger partial charge in [0.1, 0.15) is 6.61 Å². The Morgan fingerprint density at radius 2 is 1.65 bits per heavy atom. The smallest absolute Gasteiger partial charge is 0.409 e. The molecule has 0 aliphatic rings. The zero-order chi connectivity index (χ0) is 14.2. The molecule has 104 valence electrons. The predicted octanol–water partition coefficient (Wildman–Crippen LogP) is 3.26. The monoisotopic (exact) mass is 271 g/mol. The van der Waals surface area contributed by atoms with Gasteiger partial charge in [0.15, 0.2) is 6.23 Å². The number of benzene rings is 2. The topological polar surface area (TPSA) is 47.6 Å². The van der Waals surface area contributed by atoms with Crippen molar-refractivity contribution < 1.29 is 14.3 Å². The molecule has 1 unspecified atom stereocenters. The molecule has 0 aromatic heterocycles. The van der Waals surface area contributed by atoms with Crippen molar-refractivity contribution in [1.29, 1.82) is 0 Å². The summed E-state index contributed by atoms with van der Waals surface area (Å²) in [6, 6.07) is 19.0. The van der Waals surface area contributed by atoms with Crippen LogP contribution in [-0.4, -0.2) is 13.2 Å². The van der Waals surface area contributed by atoms with Gasteiger partial charge >= 0.3 is 6.09 Å². The van der Waals surface area contributed by atoms with Crippen LogP contribution in [0.5, 0.6) is 0 Å². The second-order valence-corrected chi connectivity index (χ2v) is 4.23. The Kier molecular flexibility index (Phi) is 5.15. The standard InChI is InChI=1S/C16H17NO3/c1-19-15(14-10-6-3-7-11-14)17-16(18)20-12-13-8-4-2-5-9-13/h2-11,15H,12H2,1H3,(H,17,18). The van der Waals surface area contributed by atoms with E-state index in [1.54, 1.807) is 0 Å². The van der Waals surface area contributed by atoms with Crippen molar-refractivity contribution >= 4 is 6.09 Å². The highest BCUT2D eigenvalue weighted by molar-refractivity contribution is 5.67. The first kappa shape index (κ1) is 14.1. The van der Waals surface area contributed by atoms with Gasteiger partial charge in [-0.1, -0.05) is 60.7 Å². The van der Waals surface area contributed by atoms with E-state index >= 15 is 0 Å². The molecule has 1 N–H and O–H groups in total. The van der Waals surface area contributed by atoms with E-state index in [-0.39, 0.29) is 6.61 Å². The van der Waals surface area contributed by atoms with Crippen LogP contribution in [0, 0.1) is 0 Å². The van der Waals surface area contributed by atoms with Crippen LogP contribution in [0.4, 0.5) is 4.79 Å². The fourth-order valence-electron chi connectivity index (χ4n) is 1.78. The van der Waals surface area contributed by atoms with E-state index < -0.39 is 12.3 Å². The first-order valence-electron chi connectivity index (χ1n) is 6.34. The SMILES string of the molecule is COC(NC(=O)OCc1ccccc1)c1ccccc1. The number of hydrogen-bond donors (Lipinski definition) is 1. The largest absolute Gasteiger partial charge is 0.445 e. The zero-order valence-corrected chi connectivity index (χ0v) is 11.3. The fraction of sp³-hybridized carbons (Fsp3) is 0.188. The van der Waals surface area contributed by atoms with Crippen LogP contribution in [0.1, 0.15) is 17.4 Å². The van der Waals surface area contributed by atoms with E-state index in [0.717, 1.165) is 11.1 Å². The third kappa shape index (κ3) is 4.10. The first-order chi connectivity index (χ1) is 9.79. The number of alkyl carbamates (subject to hydrolysis) is 1. The van der Waals surface area contributed by atoms with Crippen LogP contribution >= 0.6 is 0 Å². The number of hydrogen-bond acceptors (Lipinski definition) is 3. The molecule has 0 spiro atoms. The maximum atomic E-state index is 11.7. The van der Waals surface area contributed by atoms with Crippen molar-refractivity contribution in [2.24, 2.45) is 0 Å². The van der Waals surface area contributed by atoms with Crippen molar-refractivity contribution in [1.82, 2.24) is 5.32 Å². The van der Waals surface area contributed by atoms with Gasteiger partial charge in [-0.3, -0.25) is 5.32 Å². The van der Waals surface area contributed by atoms with Crippen LogP contribution < -0.4 is 5.32 Å². The van der Waals surface area contributed by atoms with Crippen molar-refractivity contribution in [2.75, 3.05) is 7.11 Å². The zero-order valence-electron chi connectivity index (χ0n) is 11.3. The maximum Gasteiger partial charge on any atom is 0.409 e. The number of amides is 1. The average Bonchev–Trinajstić information content (AvgIpc) is 2.52. The second-order valence-electron chi connectivity index (χ2n) is 4.23. The number of rotatable bonds is 5. The lowest BCUT2D eigenvalue weighted by Crippen LogP contribution is -2.30. The predicted molar refractivity (Wildman–Crippen MR) is 76.0 cm³/mol. The molecule has 2 rings (SSSR count). The molecular formula is C16H17NO3. The average molecular weight is 271 g/mol. The molecule has 0 aliphatic heterocycles. The van der Waals surface area contributed by atoms with Crippen LogP contribution in [0.25, 0.3) is 0 Å². The summed E-state index contributed by atoms with van der Waals surface area (Å²) in [5, 5.41) is 2.67. The molecule has 4 nitrogen and oxygen atoms in total. The third-order valence-electron chi connectivity index (χ3n) is 2.80. The number of ether oxygens (including phenoxy) is 2. The Balaban J connectivity index is 1.87. The molecule has 0 saturated heterocycles. The molecule has 1 amide bonds. The second kappa shape index (κ2) is 7.31. The molecule has 2 aromatic carbocycles. The lowest BCUT2D eigenvalue weighted by atomic mass is 10.2. The number of carbonyl (C=O) groups is 1. The Morgan fingerprint density at radius 3 is 2.25 bits per heavy atom. The third-order valence-corrected chi connectivity index (χ3v) is 2.80. The van der Waals surface area contributed by atoms with Crippen molar-refractivity contribution in [3.63, 3.8) is 0 Å². The number of nitrogens with one attached hydrogen (secondary N) is 1. The van der Waals surface area contributed by atoms with Crippen LogP contribution in [0.3, 0.4) is 0 Å². The van der Waals surface area contributed by atoms with Crippen molar-refractivity contribution in [3.05, 3.63) is 71.8 Å². The quantitative estimate of drug-likeness (QED) is 0.849. The molecule has 4 heteroatoms. The number of carbonyl (C=O) groups excluding carboxylic acids is 1. The molecule has 1 atom stereocenters. The van der Waals surface area contributed by atoms with Crippen LogP contribution in [-0.2, 0) is 16.1 Å². The van der Waals surface area contributed by atoms with Crippen LogP contribution in [0.15, 0.2) is 60.7 Å². The minimum atomic E-state index is -0.514. The van der Waals surface area contributed by atoms with E-state index in [9.17, 15) is 4.79 Å². The highest BCUT2D eigenvalue weighted by Gasteiger charge is 2.13. The molecule has 0 aliphatic carbocycles. The lowest BCUT2D eigenvalue weighted by Gasteiger charge is -2.17. The summed E-state index contributed by atoms with van der Waals surface area (Å²) in [5.41, 5.74) is 1.81. The van der Waals surface area contributed by atoms with Gasteiger partial charge in [0.2, 0.25) is 0 Å². The molecule has 0 heterocycles. The Labute approximate surface area is 118 Å². The molecule has 20 heavy (non-hydrogen) atoms. The highest BCUT2D eigenvalue weighted by Crippen LogP contribution is 2.13. The van der Waals surface area contributed by atoms with Gasteiger partial charge in [0, 0.05) is 12.7 Å². The summed E-state index contributed by atoms with van der Waals surface area (Å²) in [4.78, 5) is 11.7. The molecule has 0 bridgehead atoms. The summed E-state index contributed by atoms with van der Waals surface area (Å²) in [7, 11) is 1.54. The van der Waals surface area contributed by atoms with Gasteiger partial charge in [0.25, 0.3) is 0 Å². The van der Waals surface area contributed by atoms with E-state index in [2.05, 4.69) is 5.32 Å². The fourth-order valence-corrected chi connectivity index (χ4v) is 1.78. The molecule has 0 fully saturated rings. The van der Waals surface area contributed by atoms with Crippen molar-refractivity contribution in [2.45, 2.75) is 12.8 Å². The minimum Gasteiger partial charge on any atom is -0.445 e. The molecular weight excluding hydrogens is 254 g/mol. The van der Waals surface area contributed by atoms with Gasteiger partial charge in [-0.05, 0) is 5.56 Å². The number of methoxy groups -OCH3 is 1. The summed E-state index contributed by atoms with van der Waals surface area (Å²) in [6.45, 7) is 0.234. The summed E-state index contributed by atoms with van der Waals surface area (Å²) >= 11 is 0. The summed E-state index contributed by atoms with van der Waals surface area (Å²) in [5.74, 6) is 0. The van der Waals surface area contributed by atoms with Gasteiger partial charge in [0.05, 0.1) is 0 Å². The van der Waals surface area contributed by atoms with Gasteiger partial charge in [-0.25, -0.2) is 4.79 Å². The summed E-state index contributed by atoms with van der Waals surface area (Å²) < 4.78 is 10.4. The van der Waals surface area contributed by atoms with Gasteiger partial charge in [-0.2, -0.15) is 0 Å². The summed E-state index contributed by atoms with van der Waals surface area (Å²) in [6.07, 6.45) is -1.02. The minimum absolute atomic E-state index is 0.234. The Bertz CT molecular complexity index is 528. The Hall–Kier alpha value is -2.33. The first-order valence-corrected chi connectivity index (χ1v) is 6.34. The maximum absolute atomic E-state index is 11.7. The van der Waals surface area contributed by atoms with Crippen LogP contribution in [0.2, 0.25) is 0 Å². The van der Waals surface area contributed by atoms with Crippen molar-refractivity contribution in [3.8, 4) is 0 Å². The highest BCUT2D eigenvalue weighted by atomic mass is 16.6. The Morgan fingerprint density at radius 1 is 1.05 bits per heavy atom. The van der Waals surface area contributed by atoms with E-state index in [4.69, 9.17) is 9.47 Å². The van der Waals surface area contributed by atoms with Gasteiger partial charge in [-0.15, -0.1) is 0 Å². The van der Waals surface area contributed by atoms with E-state index in [1.165, 1.54) is 7.11 Å². The van der Waals surface area contributed by atoms with E-state index in [0.29, 0.717) is 0 Å². The molecule has 2 aromatic rings. The molecule has 0 radical (unpaired) electrons. The normalized spacial score (nSPS) is 11.7. The molecule has 0 saturated carbocycles. The van der Waals surface area contributed by atoms with Gasteiger partial charge < -0.3 is 9.47 Å².